The fourth-order valence-electron chi connectivity index (χ4n) is 3.72. The zero-order chi connectivity index (χ0) is 10.6. The Morgan fingerprint density at radius 1 is 1.50 bits per heavy atom. The van der Waals surface area contributed by atoms with E-state index in [1.54, 1.807) is 0 Å². The summed E-state index contributed by atoms with van der Waals surface area (Å²) < 4.78 is 0. The van der Waals surface area contributed by atoms with E-state index in [0.29, 0.717) is 11.7 Å². The first-order valence-electron chi connectivity index (χ1n) is 5.60. The number of carbonyl (C=O) groups excluding carboxylic acids is 1. The number of allylic oxidation sites excluding steroid dienone is 1. The lowest BCUT2D eigenvalue weighted by Gasteiger charge is -2.32. The third-order valence-electron chi connectivity index (χ3n) is 5.09. The van der Waals surface area contributed by atoms with Crippen LogP contribution in [0.25, 0.3) is 0 Å². The highest BCUT2D eigenvalue weighted by Gasteiger charge is 2.65. The Hall–Kier alpha value is -0.590. The molecule has 0 heterocycles. The Morgan fingerprint density at radius 3 is 2.57 bits per heavy atom. The summed E-state index contributed by atoms with van der Waals surface area (Å²) in [7, 11) is 0. The molecule has 0 saturated heterocycles. The summed E-state index contributed by atoms with van der Waals surface area (Å²) in [5, 5.41) is 0. The van der Waals surface area contributed by atoms with Gasteiger partial charge in [-0.3, -0.25) is 4.79 Å². The number of fused-ring (bicyclic) bond motifs is 2. The lowest BCUT2D eigenvalue weighted by Crippen LogP contribution is -2.33. The van der Waals surface area contributed by atoms with Crippen LogP contribution < -0.4 is 0 Å². The van der Waals surface area contributed by atoms with E-state index in [2.05, 4.69) is 27.4 Å². The third-order valence-corrected chi connectivity index (χ3v) is 5.09. The molecule has 3 atom stereocenters. The van der Waals surface area contributed by atoms with Crippen molar-refractivity contribution < 1.29 is 4.79 Å². The van der Waals surface area contributed by atoms with Crippen molar-refractivity contribution in [2.75, 3.05) is 0 Å². The van der Waals surface area contributed by atoms with Crippen molar-refractivity contribution >= 4 is 5.78 Å². The monoisotopic (exact) mass is 192 g/mol. The van der Waals surface area contributed by atoms with Gasteiger partial charge in [-0.15, -0.1) is 6.58 Å². The molecule has 0 radical (unpaired) electrons. The molecule has 1 heteroatoms. The molecule has 78 valence electrons. The van der Waals surface area contributed by atoms with Gasteiger partial charge in [-0.25, -0.2) is 0 Å². The van der Waals surface area contributed by atoms with Crippen LogP contribution in [0, 0.1) is 22.7 Å². The van der Waals surface area contributed by atoms with Crippen LogP contribution in [0.2, 0.25) is 0 Å². The first kappa shape index (κ1) is 9.95. The maximum atomic E-state index is 12.2. The van der Waals surface area contributed by atoms with Gasteiger partial charge in [0.05, 0.1) is 0 Å². The third kappa shape index (κ3) is 0.884. The Morgan fingerprint density at radius 2 is 2.14 bits per heavy atom. The van der Waals surface area contributed by atoms with Crippen LogP contribution in [0.3, 0.4) is 0 Å². The first-order chi connectivity index (χ1) is 6.45. The summed E-state index contributed by atoms with van der Waals surface area (Å²) >= 11 is 0. The molecular weight excluding hydrogens is 172 g/mol. The Labute approximate surface area is 86.6 Å². The molecule has 0 aliphatic heterocycles. The van der Waals surface area contributed by atoms with E-state index in [9.17, 15) is 4.79 Å². The van der Waals surface area contributed by atoms with Crippen molar-refractivity contribution in [2.45, 2.75) is 40.0 Å². The highest BCUT2D eigenvalue weighted by molar-refractivity contribution is 5.91. The van der Waals surface area contributed by atoms with Gasteiger partial charge >= 0.3 is 0 Å². The molecular formula is C13H20O. The minimum atomic E-state index is -0.0503. The van der Waals surface area contributed by atoms with Crippen LogP contribution in [0.4, 0.5) is 0 Å². The van der Waals surface area contributed by atoms with Gasteiger partial charge in [0, 0.05) is 11.3 Å². The smallest absolute Gasteiger partial charge is 0.142 e. The molecule has 0 unspecified atom stereocenters. The SMILES string of the molecule is C=CC[C@@H]1C(=O)[C@]2(C)CC[C@H]1C2(C)C. The van der Waals surface area contributed by atoms with E-state index in [0.717, 1.165) is 12.8 Å². The fourth-order valence-corrected chi connectivity index (χ4v) is 3.72. The molecule has 2 aliphatic carbocycles. The predicted octanol–water partition coefficient (Wildman–Crippen LogP) is 3.20. The fraction of sp³-hybridized carbons (Fsp3) is 0.769. The molecule has 0 spiro atoms. The number of carbonyl (C=O) groups is 1. The average Bonchev–Trinajstić information content (AvgIpc) is 2.41. The van der Waals surface area contributed by atoms with E-state index in [1.807, 2.05) is 6.08 Å². The van der Waals surface area contributed by atoms with Crippen LogP contribution in [0.5, 0.6) is 0 Å². The summed E-state index contributed by atoms with van der Waals surface area (Å²) in [5.74, 6) is 1.36. The summed E-state index contributed by atoms with van der Waals surface area (Å²) in [4.78, 5) is 12.2. The molecule has 14 heavy (non-hydrogen) atoms. The summed E-state index contributed by atoms with van der Waals surface area (Å²) in [6.45, 7) is 10.5. The molecule has 0 amide bonds. The normalized spacial score (nSPS) is 44.4. The van der Waals surface area contributed by atoms with Gasteiger partial charge in [-0.05, 0) is 30.6 Å². The number of ketones is 1. The van der Waals surface area contributed by atoms with E-state index in [-0.39, 0.29) is 16.7 Å². The highest BCUT2D eigenvalue weighted by atomic mass is 16.1. The van der Waals surface area contributed by atoms with E-state index in [1.165, 1.54) is 6.42 Å². The summed E-state index contributed by atoms with van der Waals surface area (Å²) in [6, 6.07) is 0. The lowest BCUT2D eigenvalue weighted by molar-refractivity contribution is -0.131. The van der Waals surface area contributed by atoms with Gasteiger partial charge in [0.15, 0.2) is 0 Å². The molecule has 2 bridgehead atoms. The van der Waals surface area contributed by atoms with Gasteiger partial charge in [-0.1, -0.05) is 26.8 Å². The molecule has 2 saturated carbocycles. The van der Waals surface area contributed by atoms with E-state index < -0.39 is 0 Å². The van der Waals surface area contributed by atoms with E-state index >= 15 is 0 Å². The second-order valence-corrected chi connectivity index (χ2v) is 5.69. The summed E-state index contributed by atoms with van der Waals surface area (Å²) in [6.07, 6.45) is 5.11. The second kappa shape index (κ2) is 2.71. The van der Waals surface area contributed by atoms with Gasteiger partial charge in [0.25, 0.3) is 0 Å². The van der Waals surface area contributed by atoms with Crippen LogP contribution >= 0.6 is 0 Å². The van der Waals surface area contributed by atoms with Crippen LogP contribution in [-0.4, -0.2) is 5.78 Å². The van der Waals surface area contributed by atoms with Crippen molar-refractivity contribution in [3.05, 3.63) is 12.7 Å². The Balaban J connectivity index is 2.38. The number of hydrogen-bond donors (Lipinski definition) is 0. The number of rotatable bonds is 2. The van der Waals surface area contributed by atoms with Gasteiger partial charge < -0.3 is 0 Å². The predicted molar refractivity (Wildman–Crippen MR) is 57.9 cm³/mol. The van der Waals surface area contributed by atoms with Gasteiger partial charge in [-0.2, -0.15) is 0 Å². The van der Waals surface area contributed by atoms with Crippen LogP contribution in [-0.2, 0) is 4.79 Å². The van der Waals surface area contributed by atoms with Crippen molar-refractivity contribution in [1.82, 2.24) is 0 Å². The zero-order valence-corrected chi connectivity index (χ0v) is 9.47. The summed E-state index contributed by atoms with van der Waals surface area (Å²) in [5.41, 5.74) is 0.156. The maximum absolute atomic E-state index is 12.2. The molecule has 2 fully saturated rings. The topological polar surface area (TPSA) is 17.1 Å². The number of Topliss-reactive ketones (excluding diaryl/α,β-unsaturated/α-hetero) is 1. The Bertz CT molecular complexity index is 290. The van der Waals surface area contributed by atoms with Gasteiger partial charge in [0.2, 0.25) is 0 Å². The largest absolute Gasteiger partial charge is 0.299 e. The molecule has 0 aromatic carbocycles. The minimum absolute atomic E-state index is 0.0503. The molecule has 2 rings (SSSR count). The number of hydrogen-bond acceptors (Lipinski definition) is 1. The molecule has 0 aromatic heterocycles. The molecule has 0 aromatic rings. The van der Waals surface area contributed by atoms with Crippen LogP contribution in [0.15, 0.2) is 12.7 Å². The molecule has 0 N–H and O–H groups in total. The molecule has 2 aliphatic rings. The Kier molecular flexibility index (Phi) is 1.93. The van der Waals surface area contributed by atoms with Crippen molar-refractivity contribution in [2.24, 2.45) is 22.7 Å². The quantitative estimate of drug-likeness (QED) is 0.614. The van der Waals surface area contributed by atoms with Crippen molar-refractivity contribution in [3.63, 3.8) is 0 Å². The lowest BCUT2D eigenvalue weighted by atomic mass is 9.70. The molecule has 1 nitrogen and oxygen atoms in total. The van der Waals surface area contributed by atoms with Crippen LogP contribution in [0.1, 0.15) is 40.0 Å². The average molecular weight is 192 g/mol. The van der Waals surface area contributed by atoms with Gasteiger partial charge in [0.1, 0.15) is 5.78 Å². The minimum Gasteiger partial charge on any atom is -0.299 e. The van der Waals surface area contributed by atoms with E-state index in [4.69, 9.17) is 0 Å². The van der Waals surface area contributed by atoms with Crippen molar-refractivity contribution in [1.29, 1.82) is 0 Å². The first-order valence-corrected chi connectivity index (χ1v) is 5.60. The standard InChI is InChI=1S/C13H20O/c1-5-6-9-10-7-8-13(4,11(9)14)12(10,2)3/h5,9-10H,1,6-8H2,2-4H3/t9-,10+,13-/m0/s1. The van der Waals surface area contributed by atoms with Crippen molar-refractivity contribution in [3.8, 4) is 0 Å². The maximum Gasteiger partial charge on any atom is 0.142 e. The second-order valence-electron chi connectivity index (χ2n) is 5.69. The highest BCUT2D eigenvalue weighted by Crippen LogP contribution is 2.66. The zero-order valence-electron chi connectivity index (χ0n) is 9.47.